The van der Waals surface area contributed by atoms with E-state index in [9.17, 15) is 9.90 Å². The number of carbonyl (C=O) groups is 1. The van der Waals surface area contributed by atoms with Crippen LogP contribution in [0.4, 0.5) is 0 Å². The maximum Gasteiger partial charge on any atom is 0.307 e. The van der Waals surface area contributed by atoms with Gasteiger partial charge in [0.15, 0.2) is 5.16 Å². The normalized spacial score (nSPS) is 25.5. The summed E-state index contributed by atoms with van der Waals surface area (Å²) >= 11 is 1.56. The van der Waals surface area contributed by atoms with Crippen LogP contribution in [-0.2, 0) is 11.8 Å². The molecule has 1 aromatic heterocycles. The van der Waals surface area contributed by atoms with Gasteiger partial charge in [0.25, 0.3) is 0 Å². The van der Waals surface area contributed by atoms with Crippen molar-refractivity contribution < 1.29 is 9.90 Å². The van der Waals surface area contributed by atoms with E-state index in [-0.39, 0.29) is 11.2 Å². The van der Waals surface area contributed by atoms with Crippen LogP contribution in [0, 0.1) is 5.92 Å². The van der Waals surface area contributed by atoms with E-state index in [0.29, 0.717) is 0 Å². The summed E-state index contributed by atoms with van der Waals surface area (Å²) in [4.78, 5) is 11.3. The quantitative estimate of drug-likeness (QED) is 0.836. The summed E-state index contributed by atoms with van der Waals surface area (Å²) in [7, 11) is 1.88. The fourth-order valence-corrected chi connectivity index (χ4v) is 3.49. The Morgan fingerprint density at radius 3 is 2.88 bits per heavy atom. The lowest BCUT2D eigenvalue weighted by atomic mass is 10.0. The molecule has 94 valence electrons. The van der Waals surface area contributed by atoms with Crippen LogP contribution in [0.2, 0.25) is 0 Å². The third-order valence-corrected chi connectivity index (χ3v) is 4.64. The molecule has 2 rings (SSSR count). The van der Waals surface area contributed by atoms with Crippen molar-refractivity contribution in [3.63, 3.8) is 0 Å². The molecule has 0 bridgehead atoms. The first-order valence-electron chi connectivity index (χ1n) is 5.92. The molecule has 0 radical (unpaired) electrons. The highest BCUT2D eigenvalue weighted by Crippen LogP contribution is 2.35. The minimum Gasteiger partial charge on any atom is -0.481 e. The number of aryl methyl sites for hydroxylation is 1. The van der Waals surface area contributed by atoms with E-state index >= 15 is 0 Å². The van der Waals surface area contributed by atoms with Crippen molar-refractivity contribution in [2.75, 3.05) is 0 Å². The zero-order valence-corrected chi connectivity index (χ0v) is 10.7. The number of carboxylic acid groups (broad SMARTS) is 1. The van der Waals surface area contributed by atoms with E-state index in [1.807, 2.05) is 11.6 Å². The Kier molecular flexibility index (Phi) is 4.04. The van der Waals surface area contributed by atoms with Crippen molar-refractivity contribution >= 4 is 17.7 Å². The molecule has 0 saturated heterocycles. The van der Waals surface area contributed by atoms with E-state index in [4.69, 9.17) is 0 Å². The average Bonchev–Trinajstić information content (AvgIpc) is 2.55. The van der Waals surface area contributed by atoms with Crippen molar-refractivity contribution in [2.45, 2.75) is 42.5 Å². The molecular formula is C11H17N3O2S. The van der Waals surface area contributed by atoms with Crippen LogP contribution in [0.15, 0.2) is 11.5 Å². The standard InChI is InChI=1S/C11H17N3O2S/c1-14-7-12-13-11(14)17-9-6-4-2-3-5-8(9)10(15)16/h7-9H,2-6H2,1H3,(H,15,16). The van der Waals surface area contributed by atoms with Gasteiger partial charge in [-0.1, -0.05) is 31.0 Å². The van der Waals surface area contributed by atoms with Gasteiger partial charge >= 0.3 is 5.97 Å². The summed E-state index contributed by atoms with van der Waals surface area (Å²) in [6.07, 6.45) is 6.65. The van der Waals surface area contributed by atoms with Crippen molar-refractivity contribution in [1.29, 1.82) is 0 Å². The number of aromatic nitrogens is 3. The highest BCUT2D eigenvalue weighted by Gasteiger charge is 2.31. The van der Waals surface area contributed by atoms with E-state index < -0.39 is 5.97 Å². The Bertz CT molecular complexity index is 394. The van der Waals surface area contributed by atoms with Crippen LogP contribution in [0.5, 0.6) is 0 Å². The molecule has 2 atom stereocenters. The number of hydrogen-bond acceptors (Lipinski definition) is 4. The van der Waals surface area contributed by atoms with E-state index in [1.165, 1.54) is 0 Å². The van der Waals surface area contributed by atoms with Gasteiger partial charge in [-0.3, -0.25) is 4.79 Å². The van der Waals surface area contributed by atoms with Gasteiger partial charge in [-0.25, -0.2) is 0 Å². The molecule has 0 amide bonds. The lowest BCUT2D eigenvalue weighted by Gasteiger charge is -2.19. The molecule has 2 unspecified atom stereocenters. The number of hydrogen-bond donors (Lipinski definition) is 1. The van der Waals surface area contributed by atoms with Crippen molar-refractivity contribution in [3.8, 4) is 0 Å². The lowest BCUT2D eigenvalue weighted by molar-refractivity contribution is -0.141. The van der Waals surface area contributed by atoms with E-state index in [0.717, 1.165) is 37.3 Å². The van der Waals surface area contributed by atoms with Crippen molar-refractivity contribution in [2.24, 2.45) is 13.0 Å². The molecule has 17 heavy (non-hydrogen) atoms. The Hall–Kier alpha value is -1.04. The Labute approximate surface area is 105 Å². The first kappa shape index (κ1) is 12.4. The molecule has 1 aromatic rings. The Morgan fingerprint density at radius 1 is 1.47 bits per heavy atom. The topological polar surface area (TPSA) is 68.0 Å². The maximum atomic E-state index is 11.3. The Balaban J connectivity index is 2.10. The summed E-state index contributed by atoms with van der Waals surface area (Å²) in [5.41, 5.74) is 0. The van der Waals surface area contributed by atoms with Gasteiger partial charge in [-0.05, 0) is 12.8 Å². The van der Waals surface area contributed by atoms with Gasteiger partial charge < -0.3 is 9.67 Å². The van der Waals surface area contributed by atoms with Crippen LogP contribution in [0.25, 0.3) is 0 Å². The summed E-state index contributed by atoms with van der Waals surface area (Å²) in [6.45, 7) is 0. The molecule has 0 aliphatic heterocycles. The fraction of sp³-hybridized carbons (Fsp3) is 0.727. The van der Waals surface area contributed by atoms with Gasteiger partial charge in [0.1, 0.15) is 6.33 Å². The molecule has 0 spiro atoms. The number of rotatable bonds is 3. The van der Waals surface area contributed by atoms with Crippen molar-refractivity contribution in [3.05, 3.63) is 6.33 Å². The largest absolute Gasteiger partial charge is 0.481 e. The molecule has 1 aliphatic carbocycles. The van der Waals surface area contributed by atoms with Gasteiger partial charge in [0, 0.05) is 12.3 Å². The summed E-state index contributed by atoms with van der Waals surface area (Å²) < 4.78 is 1.84. The third kappa shape index (κ3) is 3.00. The number of carboxylic acids is 1. The molecule has 1 heterocycles. The lowest BCUT2D eigenvalue weighted by Crippen LogP contribution is -2.25. The Morgan fingerprint density at radius 2 is 2.24 bits per heavy atom. The smallest absolute Gasteiger partial charge is 0.307 e. The van der Waals surface area contributed by atoms with Gasteiger partial charge in [0.05, 0.1) is 5.92 Å². The van der Waals surface area contributed by atoms with Gasteiger partial charge in [-0.15, -0.1) is 10.2 Å². The second-order valence-corrected chi connectivity index (χ2v) is 5.67. The SMILES string of the molecule is Cn1cnnc1SC1CCCCCC1C(=O)O. The molecule has 1 fully saturated rings. The average molecular weight is 255 g/mol. The van der Waals surface area contributed by atoms with Gasteiger partial charge in [0.2, 0.25) is 0 Å². The zero-order chi connectivity index (χ0) is 12.3. The first-order chi connectivity index (χ1) is 8.18. The summed E-state index contributed by atoms with van der Waals surface area (Å²) in [6, 6.07) is 0. The number of aliphatic carboxylic acids is 1. The molecule has 1 saturated carbocycles. The first-order valence-corrected chi connectivity index (χ1v) is 6.80. The summed E-state index contributed by atoms with van der Waals surface area (Å²) in [5.74, 6) is -0.925. The zero-order valence-electron chi connectivity index (χ0n) is 9.87. The highest BCUT2D eigenvalue weighted by atomic mass is 32.2. The predicted molar refractivity (Wildman–Crippen MR) is 64.9 cm³/mol. The monoisotopic (exact) mass is 255 g/mol. The third-order valence-electron chi connectivity index (χ3n) is 3.20. The van der Waals surface area contributed by atoms with Crippen LogP contribution in [0.3, 0.4) is 0 Å². The summed E-state index contributed by atoms with van der Waals surface area (Å²) in [5, 5.41) is 18.0. The maximum absolute atomic E-state index is 11.3. The molecule has 1 aliphatic rings. The molecular weight excluding hydrogens is 238 g/mol. The molecule has 5 nitrogen and oxygen atoms in total. The minimum absolute atomic E-state index is 0.123. The number of thioether (sulfide) groups is 1. The van der Waals surface area contributed by atoms with E-state index in [2.05, 4.69) is 10.2 Å². The van der Waals surface area contributed by atoms with Crippen LogP contribution in [0.1, 0.15) is 32.1 Å². The van der Waals surface area contributed by atoms with Crippen LogP contribution < -0.4 is 0 Å². The van der Waals surface area contributed by atoms with E-state index in [1.54, 1.807) is 18.1 Å². The molecule has 6 heteroatoms. The molecule has 0 aromatic carbocycles. The number of nitrogens with zero attached hydrogens (tertiary/aromatic N) is 3. The minimum atomic E-state index is -0.674. The molecule has 1 N–H and O–H groups in total. The highest BCUT2D eigenvalue weighted by molar-refractivity contribution is 7.99. The van der Waals surface area contributed by atoms with Gasteiger partial charge in [-0.2, -0.15) is 0 Å². The second kappa shape index (κ2) is 5.53. The predicted octanol–water partition coefficient (Wildman–Crippen LogP) is 1.94. The fourth-order valence-electron chi connectivity index (χ4n) is 2.21. The van der Waals surface area contributed by atoms with Crippen LogP contribution in [-0.4, -0.2) is 31.1 Å². The second-order valence-electron chi connectivity index (χ2n) is 4.46. The van der Waals surface area contributed by atoms with Crippen LogP contribution >= 0.6 is 11.8 Å². The van der Waals surface area contributed by atoms with Crippen molar-refractivity contribution in [1.82, 2.24) is 14.8 Å².